The molecule has 0 aromatic heterocycles. The Bertz CT molecular complexity index is 1230. The SMILES string of the molecule is C/C=C/OC1=CCC=CC=C1CC(=O)N1CCN(c2ccc(Cl)cc2C)C(c2ccc(Cl)cc2)C1.C=CC. The highest BCUT2D eigenvalue weighted by Crippen LogP contribution is 2.35. The van der Waals surface area contributed by atoms with E-state index < -0.39 is 0 Å². The van der Waals surface area contributed by atoms with Gasteiger partial charge in [-0.05, 0) is 74.7 Å². The maximum atomic E-state index is 13.5. The van der Waals surface area contributed by atoms with Gasteiger partial charge in [0.2, 0.25) is 5.91 Å². The maximum absolute atomic E-state index is 13.5. The molecule has 0 N–H and O–H groups in total. The third-order valence-electron chi connectivity index (χ3n) is 6.32. The molecule has 1 amide bonds. The average Bonchev–Trinajstić information content (AvgIpc) is 3.13. The molecule has 1 heterocycles. The van der Waals surface area contributed by atoms with Gasteiger partial charge in [-0.1, -0.05) is 65.7 Å². The summed E-state index contributed by atoms with van der Waals surface area (Å²) < 4.78 is 5.78. The Balaban J connectivity index is 0.00000127. The molecular weight excluding hydrogens is 515 g/mol. The minimum absolute atomic E-state index is 0.00198. The highest BCUT2D eigenvalue weighted by molar-refractivity contribution is 6.31. The highest BCUT2D eigenvalue weighted by Gasteiger charge is 2.32. The van der Waals surface area contributed by atoms with Crippen LogP contribution in [-0.2, 0) is 9.53 Å². The lowest BCUT2D eigenvalue weighted by atomic mass is 9.99. The molecule has 1 atom stereocenters. The van der Waals surface area contributed by atoms with E-state index in [1.807, 2.05) is 79.4 Å². The smallest absolute Gasteiger partial charge is 0.227 e. The van der Waals surface area contributed by atoms with Gasteiger partial charge in [0.05, 0.1) is 18.7 Å². The molecule has 2 aliphatic rings. The predicted octanol–water partition coefficient (Wildman–Crippen LogP) is 8.59. The summed E-state index contributed by atoms with van der Waals surface area (Å²) >= 11 is 12.4. The molecule has 2 aromatic carbocycles. The number of amides is 1. The highest BCUT2D eigenvalue weighted by atomic mass is 35.5. The third-order valence-corrected chi connectivity index (χ3v) is 6.81. The molecule has 38 heavy (non-hydrogen) atoms. The van der Waals surface area contributed by atoms with E-state index in [0.29, 0.717) is 24.5 Å². The number of carbonyl (C=O) groups excluding carboxylic acids is 1. The van der Waals surface area contributed by atoms with Crippen molar-refractivity contribution in [2.45, 2.75) is 39.7 Å². The van der Waals surface area contributed by atoms with Crippen molar-refractivity contribution in [2.24, 2.45) is 0 Å². The summed E-state index contributed by atoms with van der Waals surface area (Å²) in [6.45, 7) is 11.2. The second kappa shape index (κ2) is 14.7. The number of benzene rings is 2. The van der Waals surface area contributed by atoms with Crippen LogP contribution in [0.25, 0.3) is 0 Å². The van der Waals surface area contributed by atoms with Crippen molar-refractivity contribution in [1.29, 1.82) is 0 Å². The fourth-order valence-corrected chi connectivity index (χ4v) is 4.90. The molecule has 1 aliphatic carbocycles. The molecule has 200 valence electrons. The zero-order valence-corrected chi connectivity index (χ0v) is 23.9. The van der Waals surface area contributed by atoms with Crippen molar-refractivity contribution >= 4 is 34.8 Å². The fourth-order valence-electron chi connectivity index (χ4n) is 4.55. The first kappa shape index (κ1) is 29.3. The maximum Gasteiger partial charge on any atom is 0.227 e. The van der Waals surface area contributed by atoms with Crippen LogP contribution < -0.4 is 4.90 Å². The molecule has 4 nitrogen and oxygen atoms in total. The second-order valence-electron chi connectivity index (χ2n) is 9.13. The molecule has 0 spiro atoms. The van der Waals surface area contributed by atoms with Crippen LogP contribution in [0.15, 0.2) is 103 Å². The number of allylic oxidation sites excluding steroid dienone is 7. The number of hydrogen-bond acceptors (Lipinski definition) is 3. The second-order valence-corrected chi connectivity index (χ2v) is 10.0. The number of hydrogen-bond donors (Lipinski definition) is 0. The van der Waals surface area contributed by atoms with Gasteiger partial charge in [0.15, 0.2) is 0 Å². The zero-order chi connectivity index (χ0) is 27.5. The van der Waals surface area contributed by atoms with Crippen molar-refractivity contribution in [3.63, 3.8) is 0 Å². The number of carbonyl (C=O) groups is 1. The van der Waals surface area contributed by atoms with Crippen LogP contribution >= 0.6 is 23.2 Å². The Morgan fingerprint density at radius 3 is 2.50 bits per heavy atom. The lowest BCUT2D eigenvalue weighted by Gasteiger charge is -2.44. The number of rotatable bonds is 6. The minimum atomic E-state index is 0.00198. The fraction of sp³-hybridized carbons (Fsp3) is 0.281. The van der Waals surface area contributed by atoms with E-state index in [0.717, 1.165) is 46.1 Å². The molecule has 2 aromatic rings. The lowest BCUT2D eigenvalue weighted by molar-refractivity contribution is -0.131. The van der Waals surface area contributed by atoms with Gasteiger partial charge >= 0.3 is 0 Å². The predicted molar refractivity (Wildman–Crippen MR) is 161 cm³/mol. The summed E-state index contributed by atoms with van der Waals surface area (Å²) in [4.78, 5) is 17.8. The Morgan fingerprint density at radius 1 is 1.11 bits per heavy atom. The van der Waals surface area contributed by atoms with E-state index in [1.165, 1.54) is 0 Å². The number of ether oxygens (including phenoxy) is 1. The molecule has 0 radical (unpaired) electrons. The number of piperazine rings is 1. The number of nitrogens with zero attached hydrogens (tertiary/aromatic N) is 2. The Hall–Kier alpha value is -3.21. The monoisotopic (exact) mass is 550 g/mol. The minimum Gasteiger partial charge on any atom is -0.465 e. The van der Waals surface area contributed by atoms with E-state index in [1.54, 1.807) is 12.3 Å². The molecule has 1 unspecified atom stereocenters. The van der Waals surface area contributed by atoms with E-state index in [2.05, 4.69) is 30.5 Å². The summed E-state index contributed by atoms with van der Waals surface area (Å²) in [5.41, 5.74) is 4.25. The van der Waals surface area contributed by atoms with Gasteiger partial charge in [0.25, 0.3) is 0 Å². The van der Waals surface area contributed by atoms with Gasteiger partial charge < -0.3 is 14.5 Å². The third kappa shape index (κ3) is 7.89. The van der Waals surface area contributed by atoms with E-state index in [-0.39, 0.29) is 11.9 Å². The molecule has 6 heteroatoms. The molecule has 1 saturated heterocycles. The van der Waals surface area contributed by atoms with Crippen LogP contribution in [0.2, 0.25) is 10.0 Å². The van der Waals surface area contributed by atoms with Gasteiger partial charge in [0.1, 0.15) is 5.76 Å². The van der Waals surface area contributed by atoms with Gasteiger partial charge in [0, 0.05) is 40.9 Å². The molecule has 1 aliphatic heterocycles. The summed E-state index contributed by atoms with van der Waals surface area (Å²) in [7, 11) is 0. The van der Waals surface area contributed by atoms with E-state index >= 15 is 0 Å². The largest absolute Gasteiger partial charge is 0.465 e. The van der Waals surface area contributed by atoms with Gasteiger partial charge in [-0.3, -0.25) is 4.79 Å². The van der Waals surface area contributed by atoms with Crippen molar-refractivity contribution in [3.8, 4) is 0 Å². The molecule has 0 saturated carbocycles. The zero-order valence-electron chi connectivity index (χ0n) is 22.4. The first-order valence-electron chi connectivity index (χ1n) is 12.8. The number of halogens is 2. The van der Waals surface area contributed by atoms with Crippen molar-refractivity contribution < 1.29 is 9.53 Å². The van der Waals surface area contributed by atoms with Gasteiger partial charge in [-0.15, -0.1) is 6.58 Å². The van der Waals surface area contributed by atoms with Crippen molar-refractivity contribution in [2.75, 3.05) is 24.5 Å². The Kier molecular flexibility index (Phi) is 11.3. The first-order chi connectivity index (χ1) is 18.4. The van der Waals surface area contributed by atoms with Gasteiger partial charge in [-0.2, -0.15) is 0 Å². The standard InChI is InChI=1S/C29H30Cl2N2O2.C3H6/c1-3-17-35-28-8-6-4-5-7-23(28)19-29(34)32-15-16-33(26-14-13-25(31)18-21(26)2)27(20-32)22-9-11-24(30)12-10-22;1-3-2/h3-5,7-14,17-18,27H,6,15-16,19-20H2,1-2H3;3H,1H2,2H3/b17-3+;. The van der Waals surface area contributed by atoms with Crippen LogP contribution in [0.5, 0.6) is 0 Å². The Labute approximate surface area is 237 Å². The first-order valence-corrected chi connectivity index (χ1v) is 13.6. The lowest BCUT2D eigenvalue weighted by Crippen LogP contribution is -2.50. The molecular formula is C32H36Cl2N2O2. The van der Waals surface area contributed by atoms with Crippen LogP contribution in [0, 0.1) is 6.92 Å². The van der Waals surface area contributed by atoms with Crippen molar-refractivity contribution in [1.82, 2.24) is 4.90 Å². The summed E-state index contributed by atoms with van der Waals surface area (Å²) in [5, 5.41) is 1.42. The van der Waals surface area contributed by atoms with Crippen LogP contribution in [0.3, 0.4) is 0 Å². The van der Waals surface area contributed by atoms with Crippen LogP contribution in [0.1, 0.15) is 43.9 Å². The molecule has 0 bridgehead atoms. The van der Waals surface area contributed by atoms with E-state index in [9.17, 15) is 4.79 Å². The van der Waals surface area contributed by atoms with E-state index in [4.69, 9.17) is 27.9 Å². The number of anilines is 1. The van der Waals surface area contributed by atoms with Gasteiger partial charge in [-0.25, -0.2) is 0 Å². The van der Waals surface area contributed by atoms with Crippen LogP contribution in [0.4, 0.5) is 5.69 Å². The van der Waals surface area contributed by atoms with Crippen molar-refractivity contribution in [3.05, 3.63) is 124 Å². The quantitative estimate of drug-likeness (QED) is 0.266. The number of aryl methyl sites for hydroxylation is 1. The average molecular weight is 552 g/mol. The Morgan fingerprint density at radius 2 is 1.82 bits per heavy atom. The summed E-state index contributed by atoms with van der Waals surface area (Å²) in [5.74, 6) is 0.832. The molecule has 1 fully saturated rings. The summed E-state index contributed by atoms with van der Waals surface area (Å²) in [6.07, 6.45) is 14.3. The summed E-state index contributed by atoms with van der Waals surface area (Å²) in [6, 6.07) is 13.9. The van der Waals surface area contributed by atoms with Crippen LogP contribution in [-0.4, -0.2) is 30.4 Å². The molecule has 4 rings (SSSR count). The topological polar surface area (TPSA) is 32.8 Å². The normalized spacial score (nSPS) is 17.2.